The van der Waals surface area contributed by atoms with Crippen LogP contribution in [0.25, 0.3) is 0 Å². The minimum atomic E-state index is -1.29. The molecule has 0 amide bonds. The van der Waals surface area contributed by atoms with Crippen LogP contribution in [0.4, 0.5) is 0 Å². The number of nitrogens with zero attached hydrogens (tertiary/aromatic N) is 1. The summed E-state index contributed by atoms with van der Waals surface area (Å²) in [7, 11) is 0. The molecule has 0 spiro atoms. The molecule has 1 aromatic carbocycles. The van der Waals surface area contributed by atoms with Gasteiger partial charge in [0.25, 0.3) is 0 Å². The molecular formula is C13H15NO4. The highest BCUT2D eigenvalue weighted by atomic mass is 16.5. The van der Waals surface area contributed by atoms with E-state index >= 15 is 0 Å². The molecule has 0 bridgehead atoms. The topological polar surface area (TPSA) is 90.5 Å². The van der Waals surface area contributed by atoms with Crippen molar-refractivity contribution in [3.8, 4) is 11.8 Å². The van der Waals surface area contributed by atoms with Gasteiger partial charge in [0.1, 0.15) is 11.9 Å². The van der Waals surface area contributed by atoms with E-state index in [1.54, 1.807) is 0 Å². The highest BCUT2D eigenvalue weighted by Crippen LogP contribution is 2.16. The Bertz CT molecular complexity index is 435. The fraction of sp³-hybridized carbons (Fsp3) is 0.385. The third kappa shape index (κ3) is 3.75. The summed E-state index contributed by atoms with van der Waals surface area (Å²) in [6.07, 6.45) is -1.32. The zero-order valence-corrected chi connectivity index (χ0v) is 10.0. The van der Waals surface area contributed by atoms with Crippen molar-refractivity contribution < 1.29 is 19.7 Å². The molecule has 1 aromatic rings. The number of rotatable bonds is 6. The Kier molecular flexibility index (Phi) is 5.15. The predicted octanol–water partition coefficient (Wildman–Crippen LogP) is 1.55. The van der Waals surface area contributed by atoms with E-state index in [4.69, 9.17) is 15.1 Å². The molecule has 0 radical (unpaired) electrons. The quantitative estimate of drug-likeness (QED) is 0.798. The number of carboxylic acids is 1. The summed E-state index contributed by atoms with van der Waals surface area (Å²) in [5.41, 5.74) is 0.461. The van der Waals surface area contributed by atoms with Gasteiger partial charge in [-0.3, -0.25) is 0 Å². The van der Waals surface area contributed by atoms with Gasteiger partial charge in [0, 0.05) is 0 Å². The molecule has 0 fully saturated rings. The van der Waals surface area contributed by atoms with Crippen LogP contribution < -0.4 is 4.74 Å². The van der Waals surface area contributed by atoms with E-state index in [0.717, 1.165) is 0 Å². The summed E-state index contributed by atoms with van der Waals surface area (Å²) in [5.74, 6) is -0.892. The summed E-state index contributed by atoms with van der Waals surface area (Å²) >= 11 is 0. The molecule has 5 nitrogen and oxygen atoms in total. The summed E-state index contributed by atoms with van der Waals surface area (Å²) in [6.45, 7) is 1.85. The average Bonchev–Trinajstić information content (AvgIpc) is 2.36. The van der Waals surface area contributed by atoms with E-state index in [1.165, 1.54) is 24.3 Å². The molecule has 0 aliphatic carbocycles. The zero-order valence-electron chi connectivity index (χ0n) is 10.0. The van der Waals surface area contributed by atoms with Gasteiger partial charge in [0.2, 0.25) is 6.10 Å². The number of aliphatic carboxylic acids is 1. The second-order valence-electron chi connectivity index (χ2n) is 3.87. The minimum Gasteiger partial charge on any atom is -0.478 e. The Morgan fingerprint density at radius 3 is 2.50 bits per heavy atom. The lowest BCUT2D eigenvalue weighted by molar-refractivity contribution is -0.150. The molecular weight excluding hydrogens is 234 g/mol. The van der Waals surface area contributed by atoms with Crippen LogP contribution in [0.1, 0.15) is 25.3 Å². The number of carbonyl (C=O) groups is 1. The molecule has 2 atom stereocenters. The lowest BCUT2D eigenvalue weighted by Crippen LogP contribution is -2.39. The Labute approximate surface area is 105 Å². The van der Waals surface area contributed by atoms with E-state index in [2.05, 4.69) is 0 Å². The normalized spacial score (nSPS) is 13.4. The van der Waals surface area contributed by atoms with Crippen LogP contribution in [0.5, 0.6) is 5.75 Å². The highest BCUT2D eigenvalue weighted by molar-refractivity contribution is 5.73. The van der Waals surface area contributed by atoms with Crippen LogP contribution in [0.3, 0.4) is 0 Å². The van der Waals surface area contributed by atoms with Crippen LogP contribution in [0.15, 0.2) is 24.3 Å². The lowest BCUT2D eigenvalue weighted by Gasteiger charge is -2.20. The van der Waals surface area contributed by atoms with E-state index in [-0.39, 0.29) is 0 Å². The molecule has 96 valence electrons. The summed E-state index contributed by atoms with van der Waals surface area (Å²) in [5, 5.41) is 27.3. The number of nitriles is 1. The molecule has 0 saturated heterocycles. The number of aliphatic hydroxyl groups excluding tert-OH is 1. The Morgan fingerprint density at radius 2 is 2.06 bits per heavy atom. The maximum absolute atomic E-state index is 11.0. The third-order valence-electron chi connectivity index (χ3n) is 2.42. The largest absolute Gasteiger partial charge is 0.478 e. The first-order valence-corrected chi connectivity index (χ1v) is 5.66. The molecule has 0 aliphatic heterocycles. The standard InChI is InChI=1S/C13H15NO4/c1-2-3-11(15)12(13(16)17)18-10-6-4-9(8-14)5-7-10/h4-7,11-12,15H,2-3H2,1H3,(H,16,17). The van der Waals surface area contributed by atoms with Crippen molar-refractivity contribution in [1.82, 2.24) is 0 Å². The van der Waals surface area contributed by atoms with Crippen molar-refractivity contribution in [2.24, 2.45) is 0 Å². The summed E-state index contributed by atoms with van der Waals surface area (Å²) in [6, 6.07) is 8.02. The molecule has 0 aliphatic rings. The number of carboxylic acid groups (broad SMARTS) is 1. The Morgan fingerprint density at radius 1 is 1.44 bits per heavy atom. The van der Waals surface area contributed by atoms with Crippen LogP contribution in [-0.4, -0.2) is 28.4 Å². The summed E-state index contributed by atoms with van der Waals surface area (Å²) < 4.78 is 5.23. The zero-order chi connectivity index (χ0) is 13.5. The monoisotopic (exact) mass is 249 g/mol. The van der Waals surface area contributed by atoms with Crippen LogP contribution in [0.2, 0.25) is 0 Å². The first kappa shape index (κ1) is 14.0. The average molecular weight is 249 g/mol. The Balaban J connectivity index is 2.77. The van der Waals surface area contributed by atoms with Gasteiger partial charge in [-0.1, -0.05) is 13.3 Å². The maximum atomic E-state index is 11.0. The van der Waals surface area contributed by atoms with E-state index in [0.29, 0.717) is 24.2 Å². The van der Waals surface area contributed by atoms with Gasteiger partial charge in [0.15, 0.2) is 0 Å². The van der Waals surface area contributed by atoms with Crippen molar-refractivity contribution in [3.63, 3.8) is 0 Å². The molecule has 1 rings (SSSR count). The SMILES string of the molecule is CCCC(O)C(Oc1ccc(C#N)cc1)C(=O)O. The summed E-state index contributed by atoms with van der Waals surface area (Å²) in [4.78, 5) is 11.0. The van der Waals surface area contributed by atoms with Gasteiger partial charge in [-0.2, -0.15) is 5.26 Å². The number of hydrogen-bond donors (Lipinski definition) is 2. The second kappa shape index (κ2) is 6.62. The fourth-order valence-electron chi connectivity index (χ4n) is 1.50. The van der Waals surface area contributed by atoms with Crippen molar-refractivity contribution in [2.75, 3.05) is 0 Å². The maximum Gasteiger partial charge on any atom is 0.347 e. The highest BCUT2D eigenvalue weighted by Gasteiger charge is 2.27. The molecule has 5 heteroatoms. The van der Waals surface area contributed by atoms with E-state index in [9.17, 15) is 9.90 Å². The van der Waals surface area contributed by atoms with E-state index < -0.39 is 18.2 Å². The van der Waals surface area contributed by atoms with Crippen molar-refractivity contribution >= 4 is 5.97 Å². The minimum absolute atomic E-state index is 0.316. The second-order valence-corrected chi connectivity index (χ2v) is 3.87. The van der Waals surface area contributed by atoms with Gasteiger partial charge in [0.05, 0.1) is 11.6 Å². The molecule has 0 heterocycles. The fourth-order valence-corrected chi connectivity index (χ4v) is 1.50. The van der Waals surface area contributed by atoms with Gasteiger partial charge in [-0.05, 0) is 30.7 Å². The molecule has 0 aromatic heterocycles. The van der Waals surface area contributed by atoms with Gasteiger partial charge < -0.3 is 14.9 Å². The van der Waals surface area contributed by atoms with Gasteiger partial charge >= 0.3 is 5.97 Å². The molecule has 0 saturated carbocycles. The third-order valence-corrected chi connectivity index (χ3v) is 2.42. The van der Waals surface area contributed by atoms with E-state index in [1.807, 2.05) is 13.0 Å². The van der Waals surface area contributed by atoms with Crippen molar-refractivity contribution in [2.45, 2.75) is 32.0 Å². The molecule has 18 heavy (non-hydrogen) atoms. The molecule has 2 unspecified atom stereocenters. The first-order chi connectivity index (χ1) is 8.58. The predicted molar refractivity (Wildman–Crippen MR) is 64.1 cm³/mol. The van der Waals surface area contributed by atoms with Gasteiger partial charge in [-0.15, -0.1) is 0 Å². The Hall–Kier alpha value is -2.06. The van der Waals surface area contributed by atoms with Crippen LogP contribution in [0, 0.1) is 11.3 Å². The lowest BCUT2D eigenvalue weighted by atomic mass is 10.1. The molecule has 2 N–H and O–H groups in total. The number of ether oxygens (including phenoxy) is 1. The van der Waals surface area contributed by atoms with Crippen LogP contribution in [-0.2, 0) is 4.79 Å². The number of hydrogen-bond acceptors (Lipinski definition) is 4. The van der Waals surface area contributed by atoms with Crippen molar-refractivity contribution in [3.05, 3.63) is 29.8 Å². The van der Waals surface area contributed by atoms with Gasteiger partial charge in [-0.25, -0.2) is 4.79 Å². The number of aliphatic hydroxyl groups is 1. The van der Waals surface area contributed by atoms with Crippen LogP contribution >= 0.6 is 0 Å². The number of benzene rings is 1. The van der Waals surface area contributed by atoms with Crippen molar-refractivity contribution in [1.29, 1.82) is 5.26 Å². The first-order valence-electron chi connectivity index (χ1n) is 5.66. The smallest absolute Gasteiger partial charge is 0.347 e.